The van der Waals surface area contributed by atoms with Gasteiger partial charge in [0.05, 0.1) is 7.11 Å². The highest BCUT2D eigenvalue weighted by molar-refractivity contribution is 5.81. The van der Waals surface area contributed by atoms with E-state index >= 15 is 0 Å². The molecule has 0 aliphatic rings. The smallest absolute Gasteiger partial charge is 0.330 e. The molecule has 0 amide bonds. The molecule has 0 unspecified atom stereocenters. The van der Waals surface area contributed by atoms with E-state index in [1.165, 1.54) is 19.3 Å². The van der Waals surface area contributed by atoms with E-state index in [-0.39, 0.29) is 5.97 Å². The molecule has 0 saturated carbocycles. The van der Waals surface area contributed by atoms with Crippen LogP contribution >= 0.6 is 0 Å². The maximum atomic E-state index is 10.1. The summed E-state index contributed by atoms with van der Waals surface area (Å²) < 4.78 is 4.22. The fourth-order valence-corrected chi connectivity index (χ4v) is 0.164. The topological polar surface area (TPSA) is 26.3 Å². The van der Waals surface area contributed by atoms with Crippen LogP contribution in [0, 0.1) is 6.92 Å². The van der Waals surface area contributed by atoms with Crippen LogP contribution in [0.5, 0.6) is 0 Å². The Morgan fingerprint density at radius 1 is 1.86 bits per heavy atom. The molecule has 0 N–H and O–H groups in total. The van der Waals surface area contributed by atoms with Crippen molar-refractivity contribution in [3.8, 4) is 0 Å². The standard InChI is InChI=1S/C5H7O2/c1-3-4-5(6)7-2/h3-4H,1H2,2H3/b4-3+. The van der Waals surface area contributed by atoms with Gasteiger partial charge in [0.1, 0.15) is 0 Å². The first-order chi connectivity index (χ1) is 3.31. The van der Waals surface area contributed by atoms with E-state index < -0.39 is 0 Å². The maximum absolute atomic E-state index is 10.1. The minimum atomic E-state index is -0.366. The highest BCUT2D eigenvalue weighted by Crippen LogP contribution is 1.73. The third-order valence-electron chi connectivity index (χ3n) is 0.455. The highest BCUT2D eigenvalue weighted by Gasteiger charge is 1.84. The second kappa shape index (κ2) is 3.40. The van der Waals surface area contributed by atoms with Gasteiger partial charge in [0.15, 0.2) is 0 Å². The Morgan fingerprint density at radius 3 is 2.57 bits per heavy atom. The van der Waals surface area contributed by atoms with Gasteiger partial charge in [0.2, 0.25) is 0 Å². The van der Waals surface area contributed by atoms with Gasteiger partial charge in [-0.05, 0) is 6.92 Å². The summed E-state index contributed by atoms with van der Waals surface area (Å²) in [6.07, 6.45) is 2.63. The molecule has 2 nitrogen and oxygen atoms in total. The number of methoxy groups -OCH3 is 1. The lowest BCUT2D eigenvalue weighted by atomic mass is 10.5. The normalized spacial score (nSPS) is 9.43. The van der Waals surface area contributed by atoms with E-state index in [0.29, 0.717) is 0 Å². The summed E-state index contributed by atoms with van der Waals surface area (Å²) >= 11 is 0. The molecule has 0 bridgehead atoms. The van der Waals surface area contributed by atoms with Crippen molar-refractivity contribution in [3.05, 3.63) is 19.1 Å². The van der Waals surface area contributed by atoms with Crippen molar-refractivity contribution in [2.45, 2.75) is 0 Å². The largest absolute Gasteiger partial charge is 0.466 e. The van der Waals surface area contributed by atoms with E-state index in [9.17, 15) is 4.79 Å². The van der Waals surface area contributed by atoms with Gasteiger partial charge in [-0.1, -0.05) is 6.08 Å². The molecule has 0 aliphatic carbocycles. The van der Waals surface area contributed by atoms with E-state index in [1.54, 1.807) is 0 Å². The highest BCUT2D eigenvalue weighted by atomic mass is 16.5. The molecule has 0 atom stereocenters. The third kappa shape index (κ3) is 3.03. The molecular formula is C5H7O2. The first-order valence-corrected chi connectivity index (χ1v) is 1.85. The molecule has 39 valence electrons. The lowest BCUT2D eigenvalue weighted by Gasteiger charge is -1.84. The monoisotopic (exact) mass is 99.0 g/mol. The van der Waals surface area contributed by atoms with Gasteiger partial charge in [-0.15, -0.1) is 0 Å². The summed E-state index contributed by atoms with van der Waals surface area (Å²) in [5.41, 5.74) is 0. The lowest BCUT2D eigenvalue weighted by molar-refractivity contribution is -0.134. The van der Waals surface area contributed by atoms with Gasteiger partial charge < -0.3 is 4.74 Å². The average molecular weight is 99.1 g/mol. The number of allylic oxidation sites excluding steroid dienone is 1. The quantitative estimate of drug-likeness (QED) is 0.354. The lowest BCUT2D eigenvalue weighted by Crippen LogP contribution is -1.92. The van der Waals surface area contributed by atoms with Crippen LogP contribution in [-0.4, -0.2) is 13.1 Å². The fourth-order valence-electron chi connectivity index (χ4n) is 0.164. The fraction of sp³-hybridized carbons (Fsp3) is 0.200. The van der Waals surface area contributed by atoms with Crippen LogP contribution in [0.15, 0.2) is 12.2 Å². The minimum Gasteiger partial charge on any atom is -0.466 e. The molecule has 0 aromatic rings. The van der Waals surface area contributed by atoms with E-state index in [2.05, 4.69) is 11.7 Å². The predicted octanol–water partition coefficient (Wildman–Crippen LogP) is 0.550. The predicted molar refractivity (Wildman–Crippen MR) is 26.5 cm³/mol. The first kappa shape index (κ1) is 6.21. The summed E-state index contributed by atoms with van der Waals surface area (Å²) in [5.74, 6) is -0.366. The van der Waals surface area contributed by atoms with Crippen LogP contribution in [0.2, 0.25) is 0 Å². The van der Waals surface area contributed by atoms with Gasteiger partial charge >= 0.3 is 5.97 Å². The van der Waals surface area contributed by atoms with E-state index in [1.807, 2.05) is 0 Å². The number of esters is 1. The van der Waals surface area contributed by atoms with E-state index in [0.717, 1.165) is 0 Å². The molecule has 0 rings (SSSR count). The van der Waals surface area contributed by atoms with Gasteiger partial charge in [0.25, 0.3) is 0 Å². The Morgan fingerprint density at radius 2 is 2.43 bits per heavy atom. The Balaban J connectivity index is 3.37. The van der Waals surface area contributed by atoms with Gasteiger partial charge in [-0.3, -0.25) is 0 Å². The summed E-state index contributed by atoms with van der Waals surface area (Å²) in [5, 5.41) is 0. The maximum Gasteiger partial charge on any atom is 0.330 e. The second-order valence-corrected chi connectivity index (χ2v) is 0.926. The number of hydrogen-bond acceptors (Lipinski definition) is 2. The van der Waals surface area contributed by atoms with Gasteiger partial charge in [0, 0.05) is 6.08 Å². The van der Waals surface area contributed by atoms with Crippen molar-refractivity contribution < 1.29 is 9.53 Å². The summed E-state index contributed by atoms with van der Waals surface area (Å²) in [6, 6.07) is 0. The van der Waals surface area contributed by atoms with Crippen LogP contribution in [0.3, 0.4) is 0 Å². The summed E-state index contributed by atoms with van der Waals surface area (Å²) in [4.78, 5) is 10.1. The molecule has 0 aromatic carbocycles. The Kier molecular flexibility index (Phi) is 3.02. The molecule has 0 fully saturated rings. The summed E-state index contributed by atoms with van der Waals surface area (Å²) in [6.45, 7) is 3.29. The van der Waals surface area contributed by atoms with Crippen molar-refractivity contribution in [3.63, 3.8) is 0 Å². The minimum absolute atomic E-state index is 0.366. The number of carbonyl (C=O) groups is 1. The van der Waals surface area contributed by atoms with Crippen LogP contribution in [-0.2, 0) is 9.53 Å². The number of rotatable bonds is 1. The molecule has 1 radical (unpaired) electrons. The zero-order chi connectivity index (χ0) is 5.70. The molecule has 0 aliphatic heterocycles. The molecule has 0 aromatic heterocycles. The van der Waals surface area contributed by atoms with Crippen LogP contribution in [0.4, 0.5) is 0 Å². The average Bonchev–Trinajstić information content (AvgIpc) is 1.68. The molecule has 0 heterocycles. The van der Waals surface area contributed by atoms with Crippen molar-refractivity contribution in [1.82, 2.24) is 0 Å². The van der Waals surface area contributed by atoms with Crippen LogP contribution in [0.25, 0.3) is 0 Å². The van der Waals surface area contributed by atoms with Gasteiger partial charge in [-0.25, -0.2) is 4.79 Å². The summed E-state index contributed by atoms with van der Waals surface area (Å²) in [7, 11) is 1.32. The number of carbonyl (C=O) groups excluding carboxylic acids is 1. The zero-order valence-corrected chi connectivity index (χ0v) is 4.18. The molecule has 7 heavy (non-hydrogen) atoms. The molecular weight excluding hydrogens is 92.1 g/mol. The zero-order valence-electron chi connectivity index (χ0n) is 4.18. The van der Waals surface area contributed by atoms with Crippen molar-refractivity contribution in [2.75, 3.05) is 7.11 Å². The van der Waals surface area contributed by atoms with Crippen LogP contribution < -0.4 is 0 Å². The number of ether oxygens (including phenoxy) is 1. The van der Waals surface area contributed by atoms with Crippen molar-refractivity contribution in [1.29, 1.82) is 0 Å². The Bertz CT molecular complexity index is 84.1. The third-order valence-corrected chi connectivity index (χ3v) is 0.455. The Hall–Kier alpha value is -0.790. The number of hydrogen-bond donors (Lipinski definition) is 0. The Labute approximate surface area is 42.8 Å². The van der Waals surface area contributed by atoms with Crippen molar-refractivity contribution >= 4 is 5.97 Å². The van der Waals surface area contributed by atoms with E-state index in [4.69, 9.17) is 0 Å². The SMILES string of the molecule is [CH2]/C=C/C(=O)OC. The van der Waals surface area contributed by atoms with Crippen molar-refractivity contribution in [2.24, 2.45) is 0 Å². The molecule has 2 heteroatoms. The first-order valence-electron chi connectivity index (χ1n) is 1.85. The molecule has 0 saturated heterocycles. The molecule has 0 spiro atoms. The van der Waals surface area contributed by atoms with Gasteiger partial charge in [-0.2, -0.15) is 0 Å². The van der Waals surface area contributed by atoms with Crippen LogP contribution in [0.1, 0.15) is 0 Å². The second-order valence-electron chi connectivity index (χ2n) is 0.926.